The number of aryl methyl sites for hydroxylation is 1. The third kappa shape index (κ3) is 2.09. The predicted octanol–water partition coefficient (Wildman–Crippen LogP) is 0.550. The second-order valence-corrected chi connectivity index (χ2v) is 3.79. The van der Waals surface area contributed by atoms with Gasteiger partial charge in [-0.3, -0.25) is 0 Å². The Hall–Kier alpha value is -0.970. The van der Waals surface area contributed by atoms with Crippen LogP contribution >= 0.6 is 0 Å². The number of hydrogen-bond acceptors (Lipinski definition) is 4. The Morgan fingerprint density at radius 1 is 1.57 bits per heavy atom. The highest BCUT2D eigenvalue weighted by molar-refractivity contribution is 4.96. The van der Waals surface area contributed by atoms with Gasteiger partial charge in [0.05, 0.1) is 6.54 Å². The van der Waals surface area contributed by atoms with Gasteiger partial charge in [0.1, 0.15) is 0 Å². The minimum Gasteiger partial charge on any atom is -0.316 e. The summed E-state index contributed by atoms with van der Waals surface area (Å²) in [5.74, 6) is 1.39. The smallest absolute Gasteiger partial charge is 0.179 e. The number of nitrogens with zero attached hydrogens (tertiary/aromatic N) is 4. The summed E-state index contributed by atoms with van der Waals surface area (Å²) in [6, 6.07) is 0. The molecule has 1 aliphatic rings. The van der Waals surface area contributed by atoms with Crippen LogP contribution in [-0.4, -0.2) is 33.3 Å². The van der Waals surface area contributed by atoms with Gasteiger partial charge in [0, 0.05) is 12.5 Å². The Balaban J connectivity index is 1.94. The molecule has 2 rings (SSSR count). The van der Waals surface area contributed by atoms with Crippen molar-refractivity contribution in [2.45, 2.75) is 38.6 Å². The van der Waals surface area contributed by atoms with Crippen molar-refractivity contribution in [1.29, 1.82) is 0 Å². The lowest BCUT2D eigenvalue weighted by Gasteiger charge is -1.99. The molecule has 1 unspecified atom stereocenters. The fourth-order valence-electron chi connectivity index (χ4n) is 1.69. The highest BCUT2D eigenvalue weighted by Gasteiger charge is 2.20. The zero-order chi connectivity index (χ0) is 9.80. The van der Waals surface area contributed by atoms with Gasteiger partial charge in [-0.15, -0.1) is 10.2 Å². The van der Waals surface area contributed by atoms with Crippen molar-refractivity contribution in [3.63, 3.8) is 0 Å². The highest BCUT2D eigenvalue weighted by atomic mass is 15.6. The van der Waals surface area contributed by atoms with Crippen LogP contribution in [0.5, 0.6) is 0 Å². The lowest BCUT2D eigenvalue weighted by Crippen LogP contribution is -2.09. The van der Waals surface area contributed by atoms with E-state index in [9.17, 15) is 0 Å². The number of unbranched alkanes of at least 4 members (excludes halogenated alkanes) is 1. The van der Waals surface area contributed by atoms with E-state index in [1.165, 1.54) is 6.42 Å². The first-order valence-corrected chi connectivity index (χ1v) is 5.38. The van der Waals surface area contributed by atoms with Crippen molar-refractivity contribution in [3.05, 3.63) is 5.82 Å². The zero-order valence-corrected chi connectivity index (χ0v) is 8.61. The topological polar surface area (TPSA) is 55.6 Å². The first kappa shape index (κ1) is 9.58. The van der Waals surface area contributed by atoms with E-state index in [2.05, 4.69) is 27.7 Å². The quantitative estimate of drug-likeness (QED) is 0.762. The van der Waals surface area contributed by atoms with E-state index < -0.39 is 0 Å². The fourth-order valence-corrected chi connectivity index (χ4v) is 1.69. The molecule has 0 aromatic carbocycles. The monoisotopic (exact) mass is 195 g/mol. The fraction of sp³-hybridized carbons (Fsp3) is 0.889. The minimum absolute atomic E-state index is 0.477. The molecule has 2 heterocycles. The molecule has 1 saturated heterocycles. The second kappa shape index (κ2) is 4.50. The molecule has 0 bridgehead atoms. The molecule has 1 atom stereocenters. The van der Waals surface area contributed by atoms with Crippen LogP contribution in [0.3, 0.4) is 0 Å². The van der Waals surface area contributed by atoms with Gasteiger partial charge in [0.2, 0.25) is 0 Å². The van der Waals surface area contributed by atoms with Gasteiger partial charge in [-0.05, 0) is 24.6 Å². The van der Waals surface area contributed by atoms with Crippen LogP contribution in [0.2, 0.25) is 0 Å². The number of hydrogen-bond donors (Lipinski definition) is 1. The van der Waals surface area contributed by atoms with Crippen LogP contribution < -0.4 is 5.32 Å². The van der Waals surface area contributed by atoms with Crippen LogP contribution in [0.25, 0.3) is 0 Å². The lowest BCUT2D eigenvalue weighted by atomic mass is 10.1. The van der Waals surface area contributed by atoms with Gasteiger partial charge in [-0.25, -0.2) is 0 Å². The summed E-state index contributed by atoms with van der Waals surface area (Å²) < 4.78 is 0. The van der Waals surface area contributed by atoms with Crippen LogP contribution in [-0.2, 0) is 6.54 Å². The Morgan fingerprint density at radius 3 is 3.21 bits per heavy atom. The van der Waals surface area contributed by atoms with Gasteiger partial charge in [0.25, 0.3) is 0 Å². The number of nitrogens with one attached hydrogen (secondary N) is 1. The van der Waals surface area contributed by atoms with E-state index in [1.54, 1.807) is 4.80 Å². The van der Waals surface area contributed by atoms with Gasteiger partial charge < -0.3 is 5.32 Å². The van der Waals surface area contributed by atoms with Crippen LogP contribution in [0.4, 0.5) is 0 Å². The molecule has 5 heteroatoms. The Kier molecular flexibility index (Phi) is 3.08. The molecular formula is C9H17N5. The van der Waals surface area contributed by atoms with Crippen molar-refractivity contribution in [2.75, 3.05) is 13.1 Å². The molecule has 1 fully saturated rings. The molecule has 0 spiro atoms. The number of aromatic nitrogens is 4. The van der Waals surface area contributed by atoms with E-state index in [0.717, 1.165) is 38.3 Å². The third-order valence-electron chi connectivity index (χ3n) is 2.61. The molecule has 0 radical (unpaired) electrons. The molecule has 1 aromatic rings. The van der Waals surface area contributed by atoms with Crippen LogP contribution in [0.1, 0.15) is 37.9 Å². The molecule has 0 amide bonds. The van der Waals surface area contributed by atoms with Crippen molar-refractivity contribution < 1.29 is 0 Å². The van der Waals surface area contributed by atoms with Gasteiger partial charge in [-0.1, -0.05) is 13.3 Å². The maximum Gasteiger partial charge on any atom is 0.179 e. The van der Waals surface area contributed by atoms with Gasteiger partial charge in [0.15, 0.2) is 5.82 Å². The van der Waals surface area contributed by atoms with Crippen LogP contribution in [0, 0.1) is 0 Å². The highest BCUT2D eigenvalue weighted by Crippen LogP contribution is 2.17. The molecule has 1 aliphatic heterocycles. The normalized spacial score (nSPS) is 21.6. The van der Waals surface area contributed by atoms with E-state index in [-0.39, 0.29) is 0 Å². The van der Waals surface area contributed by atoms with Gasteiger partial charge in [-0.2, -0.15) is 4.80 Å². The van der Waals surface area contributed by atoms with E-state index in [0.29, 0.717) is 5.92 Å². The predicted molar refractivity (Wildman–Crippen MR) is 53.0 cm³/mol. The molecular weight excluding hydrogens is 178 g/mol. The summed E-state index contributed by atoms with van der Waals surface area (Å²) in [5, 5.41) is 15.8. The largest absolute Gasteiger partial charge is 0.316 e. The molecule has 0 saturated carbocycles. The van der Waals surface area contributed by atoms with Crippen molar-refractivity contribution in [1.82, 2.24) is 25.5 Å². The van der Waals surface area contributed by atoms with E-state index in [4.69, 9.17) is 0 Å². The average Bonchev–Trinajstić information content (AvgIpc) is 2.85. The minimum atomic E-state index is 0.477. The molecule has 5 nitrogen and oxygen atoms in total. The van der Waals surface area contributed by atoms with Gasteiger partial charge >= 0.3 is 0 Å². The summed E-state index contributed by atoms with van der Waals surface area (Å²) in [4.78, 5) is 1.72. The van der Waals surface area contributed by atoms with Crippen LogP contribution in [0.15, 0.2) is 0 Å². The summed E-state index contributed by atoms with van der Waals surface area (Å²) in [5.41, 5.74) is 0. The first-order chi connectivity index (χ1) is 6.90. The zero-order valence-electron chi connectivity index (χ0n) is 8.61. The Bertz CT molecular complexity index is 276. The van der Waals surface area contributed by atoms with E-state index >= 15 is 0 Å². The lowest BCUT2D eigenvalue weighted by molar-refractivity contribution is 0.492. The molecule has 1 aromatic heterocycles. The van der Waals surface area contributed by atoms with Crippen molar-refractivity contribution in [2.24, 2.45) is 0 Å². The summed E-state index contributed by atoms with van der Waals surface area (Å²) in [6.45, 7) is 5.13. The molecule has 1 N–H and O–H groups in total. The summed E-state index contributed by atoms with van der Waals surface area (Å²) in [6.07, 6.45) is 3.43. The molecule has 78 valence electrons. The third-order valence-corrected chi connectivity index (χ3v) is 2.61. The average molecular weight is 195 g/mol. The number of rotatable bonds is 4. The summed E-state index contributed by atoms with van der Waals surface area (Å²) in [7, 11) is 0. The maximum absolute atomic E-state index is 4.38. The standard InChI is InChI=1S/C9H17N5/c1-2-3-6-14-12-9(11-13-14)8-4-5-10-7-8/h8,10H,2-7H2,1H3. The van der Waals surface area contributed by atoms with Crippen molar-refractivity contribution in [3.8, 4) is 0 Å². The second-order valence-electron chi connectivity index (χ2n) is 3.79. The Morgan fingerprint density at radius 2 is 2.50 bits per heavy atom. The molecule has 0 aliphatic carbocycles. The molecule has 14 heavy (non-hydrogen) atoms. The van der Waals surface area contributed by atoms with E-state index in [1.807, 2.05) is 0 Å². The Labute approximate surface area is 83.9 Å². The first-order valence-electron chi connectivity index (χ1n) is 5.38. The SMILES string of the molecule is CCCCn1nnc(C2CCNC2)n1. The number of tetrazole rings is 1. The maximum atomic E-state index is 4.38. The van der Waals surface area contributed by atoms with Crippen molar-refractivity contribution >= 4 is 0 Å². The summed E-state index contributed by atoms with van der Waals surface area (Å²) >= 11 is 0.